The summed E-state index contributed by atoms with van der Waals surface area (Å²) in [6, 6.07) is 74.7. The average Bonchev–Trinajstić information content (AvgIpc) is 3.92. The van der Waals surface area contributed by atoms with E-state index in [0.717, 1.165) is 60.7 Å². The maximum absolute atomic E-state index is 6.14. The van der Waals surface area contributed by atoms with E-state index in [4.69, 9.17) is 19.4 Å². The number of nitrogens with zero attached hydrogens (tertiary/aromatic N) is 3. The van der Waals surface area contributed by atoms with Gasteiger partial charge in [-0.2, -0.15) is 0 Å². The summed E-state index contributed by atoms with van der Waals surface area (Å²) in [5, 5.41) is 4.53. The zero-order chi connectivity index (χ0) is 41.0. The van der Waals surface area contributed by atoms with Gasteiger partial charge in [0.05, 0.1) is 0 Å². The molecule has 0 saturated heterocycles. The standard InChI is InChI=1S/C57H35N3OS/c1-3-12-36(13-4-1)37-24-26-38(27-25-37)40-16-9-17-41(32-40)44-29-31-52-49(35-44)54-47(21-11-23-53(54)62-52)57-59-55(39-14-5-2-6-15-39)58-56(60-57)45-19-10-18-42(33-45)43-28-30-51-48(34-43)46-20-7-8-22-50(46)61-51/h1-35H. The van der Waals surface area contributed by atoms with Crippen LogP contribution in [0.5, 0.6) is 0 Å². The Balaban J connectivity index is 0.957. The summed E-state index contributed by atoms with van der Waals surface area (Å²) in [6.45, 7) is 0. The van der Waals surface area contributed by atoms with Gasteiger partial charge in [0.25, 0.3) is 0 Å². The number of benzene rings is 9. The minimum absolute atomic E-state index is 0.622. The maximum Gasteiger partial charge on any atom is 0.164 e. The molecule has 4 nitrogen and oxygen atoms in total. The molecule has 0 amide bonds. The van der Waals surface area contributed by atoms with Crippen molar-refractivity contribution in [3.8, 4) is 78.7 Å². The van der Waals surface area contributed by atoms with Crippen LogP contribution in [0, 0.1) is 0 Å². The molecule has 0 spiro atoms. The lowest BCUT2D eigenvalue weighted by atomic mass is 9.96. The fourth-order valence-corrected chi connectivity index (χ4v) is 9.75. The maximum atomic E-state index is 6.14. The van der Waals surface area contributed by atoms with Crippen LogP contribution in [-0.2, 0) is 0 Å². The van der Waals surface area contributed by atoms with Crippen molar-refractivity contribution in [3.63, 3.8) is 0 Å². The summed E-state index contributed by atoms with van der Waals surface area (Å²) in [7, 11) is 0. The van der Waals surface area contributed by atoms with Crippen LogP contribution in [0.25, 0.3) is 121 Å². The Morgan fingerprint density at radius 2 is 0.774 bits per heavy atom. The van der Waals surface area contributed by atoms with E-state index in [0.29, 0.717) is 17.5 Å². The van der Waals surface area contributed by atoms with Crippen molar-refractivity contribution in [3.05, 3.63) is 212 Å². The molecule has 5 heteroatoms. The van der Waals surface area contributed by atoms with Gasteiger partial charge in [0.15, 0.2) is 17.5 Å². The van der Waals surface area contributed by atoms with Crippen LogP contribution >= 0.6 is 11.3 Å². The predicted octanol–water partition coefficient (Wildman–Crippen LogP) is 15.8. The summed E-state index contributed by atoms with van der Waals surface area (Å²) in [4.78, 5) is 15.6. The van der Waals surface area contributed by atoms with Crippen molar-refractivity contribution in [2.24, 2.45) is 0 Å². The van der Waals surface area contributed by atoms with E-state index in [1.807, 2.05) is 30.3 Å². The van der Waals surface area contributed by atoms with Gasteiger partial charge in [-0.05, 0) is 93.0 Å². The monoisotopic (exact) mass is 809 g/mol. The topological polar surface area (TPSA) is 51.8 Å². The molecular formula is C57H35N3OS. The number of hydrogen-bond acceptors (Lipinski definition) is 5. The summed E-state index contributed by atoms with van der Waals surface area (Å²) in [5.41, 5.74) is 13.9. The number of fused-ring (bicyclic) bond motifs is 6. The number of thiophene rings is 1. The van der Waals surface area contributed by atoms with Gasteiger partial charge in [-0.15, -0.1) is 11.3 Å². The molecule has 3 heterocycles. The molecule has 0 aliphatic heterocycles. The Bertz CT molecular complexity index is 3630. The highest BCUT2D eigenvalue weighted by Crippen LogP contribution is 2.42. The second-order valence-corrected chi connectivity index (χ2v) is 16.7. The number of aromatic nitrogens is 3. The predicted molar refractivity (Wildman–Crippen MR) is 258 cm³/mol. The molecule has 0 atom stereocenters. The van der Waals surface area contributed by atoms with Gasteiger partial charge in [-0.3, -0.25) is 0 Å². The molecule has 3 aromatic heterocycles. The van der Waals surface area contributed by atoms with Crippen LogP contribution in [0.15, 0.2) is 217 Å². The van der Waals surface area contributed by atoms with Crippen molar-refractivity contribution in [1.29, 1.82) is 0 Å². The Morgan fingerprint density at radius 1 is 0.290 bits per heavy atom. The zero-order valence-corrected chi connectivity index (χ0v) is 34.2. The van der Waals surface area contributed by atoms with Crippen LogP contribution in [0.3, 0.4) is 0 Å². The van der Waals surface area contributed by atoms with E-state index in [-0.39, 0.29) is 0 Å². The van der Waals surface area contributed by atoms with Crippen molar-refractivity contribution in [2.75, 3.05) is 0 Å². The van der Waals surface area contributed by atoms with Crippen LogP contribution < -0.4 is 0 Å². The van der Waals surface area contributed by atoms with Crippen LogP contribution in [-0.4, -0.2) is 15.0 Å². The molecule has 0 aliphatic carbocycles. The highest BCUT2D eigenvalue weighted by molar-refractivity contribution is 7.26. The molecule has 12 rings (SSSR count). The van der Waals surface area contributed by atoms with Gasteiger partial charge < -0.3 is 4.42 Å². The lowest BCUT2D eigenvalue weighted by Gasteiger charge is -2.11. The number of rotatable bonds is 7. The van der Waals surface area contributed by atoms with E-state index < -0.39 is 0 Å². The minimum Gasteiger partial charge on any atom is -0.456 e. The van der Waals surface area contributed by atoms with Crippen LogP contribution in [0.1, 0.15) is 0 Å². The van der Waals surface area contributed by atoms with E-state index in [1.165, 1.54) is 42.6 Å². The van der Waals surface area contributed by atoms with E-state index in [1.54, 1.807) is 11.3 Å². The molecule has 0 N–H and O–H groups in total. The number of para-hydroxylation sites is 1. The normalized spacial score (nSPS) is 11.5. The SMILES string of the molecule is c1ccc(-c2ccc(-c3cccc(-c4ccc5sc6cccc(-c7nc(-c8ccccc8)nc(-c8cccc(-c9ccc%10oc%11ccccc%11c%10c9)c8)n7)c6c5c4)c3)cc2)cc1. The molecule has 0 aliphatic rings. The molecule has 0 fully saturated rings. The van der Waals surface area contributed by atoms with Crippen molar-refractivity contribution < 1.29 is 4.42 Å². The van der Waals surface area contributed by atoms with E-state index in [2.05, 4.69) is 182 Å². The third-order valence-corrected chi connectivity index (χ3v) is 12.9. The first kappa shape index (κ1) is 35.9. The first-order chi connectivity index (χ1) is 30.7. The fraction of sp³-hybridized carbons (Fsp3) is 0. The molecule has 0 radical (unpaired) electrons. The summed E-state index contributed by atoms with van der Waals surface area (Å²) < 4.78 is 8.55. The largest absolute Gasteiger partial charge is 0.456 e. The molecule has 0 saturated carbocycles. The molecular weight excluding hydrogens is 775 g/mol. The van der Waals surface area contributed by atoms with Crippen LogP contribution in [0.4, 0.5) is 0 Å². The van der Waals surface area contributed by atoms with Gasteiger partial charge in [-0.1, -0.05) is 164 Å². The van der Waals surface area contributed by atoms with Crippen molar-refractivity contribution >= 4 is 53.4 Å². The fourth-order valence-electron chi connectivity index (χ4n) is 8.64. The Hall–Kier alpha value is -7.99. The van der Waals surface area contributed by atoms with Gasteiger partial charge in [-0.25, -0.2) is 15.0 Å². The third-order valence-electron chi connectivity index (χ3n) is 11.8. The van der Waals surface area contributed by atoms with E-state index >= 15 is 0 Å². The Labute approximate surface area is 362 Å². The quantitative estimate of drug-likeness (QED) is 0.161. The average molecular weight is 810 g/mol. The second-order valence-electron chi connectivity index (χ2n) is 15.6. The van der Waals surface area contributed by atoms with Crippen molar-refractivity contribution in [1.82, 2.24) is 15.0 Å². The van der Waals surface area contributed by atoms with Crippen LogP contribution in [0.2, 0.25) is 0 Å². The highest BCUT2D eigenvalue weighted by atomic mass is 32.1. The molecule has 12 aromatic rings. The second kappa shape index (κ2) is 14.9. The lowest BCUT2D eigenvalue weighted by molar-refractivity contribution is 0.669. The molecule has 0 unspecified atom stereocenters. The summed E-state index contributed by atoms with van der Waals surface area (Å²) >= 11 is 1.80. The van der Waals surface area contributed by atoms with Gasteiger partial charge in [0, 0.05) is 47.6 Å². The van der Waals surface area contributed by atoms with Crippen molar-refractivity contribution in [2.45, 2.75) is 0 Å². The molecule has 290 valence electrons. The Morgan fingerprint density at radius 3 is 1.53 bits per heavy atom. The van der Waals surface area contributed by atoms with E-state index in [9.17, 15) is 0 Å². The first-order valence-corrected chi connectivity index (χ1v) is 21.6. The third kappa shape index (κ3) is 6.44. The molecule has 0 bridgehead atoms. The summed E-state index contributed by atoms with van der Waals surface area (Å²) in [6.07, 6.45) is 0. The smallest absolute Gasteiger partial charge is 0.164 e. The zero-order valence-electron chi connectivity index (χ0n) is 33.4. The lowest BCUT2D eigenvalue weighted by Crippen LogP contribution is -2.00. The molecule has 9 aromatic carbocycles. The summed E-state index contributed by atoms with van der Waals surface area (Å²) in [5.74, 6) is 1.90. The number of hydrogen-bond donors (Lipinski definition) is 0. The highest BCUT2D eigenvalue weighted by Gasteiger charge is 2.18. The Kier molecular flexibility index (Phi) is 8.65. The molecule has 62 heavy (non-hydrogen) atoms. The van der Waals surface area contributed by atoms with Gasteiger partial charge in [0.1, 0.15) is 11.2 Å². The van der Waals surface area contributed by atoms with Gasteiger partial charge >= 0.3 is 0 Å². The minimum atomic E-state index is 0.622. The van der Waals surface area contributed by atoms with Gasteiger partial charge in [0.2, 0.25) is 0 Å². The number of furan rings is 1. The first-order valence-electron chi connectivity index (χ1n) is 20.7.